The minimum Gasteiger partial charge on any atom is -0.396 e. The molecule has 126 valence electrons. The molecule has 0 saturated carbocycles. The van der Waals surface area contributed by atoms with Crippen LogP contribution in [0.4, 0.5) is 0 Å². The predicted molar refractivity (Wildman–Crippen MR) is 103 cm³/mol. The molecule has 1 aromatic carbocycles. The number of unbranched alkanes of at least 4 members (excludes halogenated alkanes) is 5. The number of rotatable bonds is 9. The summed E-state index contributed by atoms with van der Waals surface area (Å²) in [6.45, 7) is 0.327. The van der Waals surface area contributed by atoms with Crippen molar-refractivity contribution >= 4 is 33.6 Å². The highest BCUT2D eigenvalue weighted by molar-refractivity contribution is 7.99. The smallest absolute Gasteiger partial charge is 0.0975 e. The Labute approximate surface area is 147 Å². The molecule has 0 radical (unpaired) electrons. The molecule has 0 aliphatic rings. The van der Waals surface area contributed by atoms with Crippen molar-refractivity contribution in [3.05, 3.63) is 42.7 Å². The van der Waals surface area contributed by atoms with E-state index in [0.29, 0.717) is 6.61 Å². The summed E-state index contributed by atoms with van der Waals surface area (Å²) in [6, 6.07) is 10.5. The largest absolute Gasteiger partial charge is 0.396 e. The van der Waals surface area contributed by atoms with Crippen LogP contribution in [0.15, 0.2) is 47.6 Å². The average Bonchev–Trinajstić information content (AvgIpc) is 2.64. The molecule has 0 atom stereocenters. The highest BCUT2D eigenvalue weighted by Crippen LogP contribution is 2.32. The van der Waals surface area contributed by atoms with E-state index in [9.17, 15) is 0 Å². The average molecular weight is 340 g/mol. The van der Waals surface area contributed by atoms with Gasteiger partial charge in [-0.15, -0.1) is 11.8 Å². The second kappa shape index (κ2) is 9.00. The van der Waals surface area contributed by atoms with Crippen LogP contribution in [0.25, 0.3) is 21.8 Å². The molecule has 0 aliphatic heterocycles. The number of hydrogen-bond acceptors (Lipinski definition) is 4. The Bertz CT molecular complexity index is 791. The molecule has 24 heavy (non-hydrogen) atoms. The molecule has 3 rings (SSSR count). The highest BCUT2D eigenvalue weighted by Gasteiger charge is 2.08. The standard InChI is InChI=1S/C20H24N2OS/c23-13-5-3-1-2-4-6-14-24-18-15-16-9-7-11-21-19(16)20-17(18)10-8-12-22-20/h7-12,15,23H,1-6,13-14H2. The zero-order chi connectivity index (χ0) is 16.6. The molecule has 0 bridgehead atoms. The number of thioether (sulfide) groups is 1. The van der Waals surface area contributed by atoms with Gasteiger partial charge in [0.2, 0.25) is 0 Å². The van der Waals surface area contributed by atoms with E-state index in [1.165, 1.54) is 36.0 Å². The molecule has 0 unspecified atom stereocenters. The van der Waals surface area contributed by atoms with Crippen LogP contribution in [0.2, 0.25) is 0 Å². The molecule has 0 saturated heterocycles. The molecule has 0 amide bonds. The van der Waals surface area contributed by atoms with Crippen molar-refractivity contribution in [2.75, 3.05) is 12.4 Å². The van der Waals surface area contributed by atoms with E-state index in [-0.39, 0.29) is 0 Å². The zero-order valence-corrected chi connectivity index (χ0v) is 14.8. The van der Waals surface area contributed by atoms with Crippen LogP contribution < -0.4 is 0 Å². The summed E-state index contributed by atoms with van der Waals surface area (Å²) in [4.78, 5) is 10.4. The van der Waals surface area contributed by atoms with Crippen molar-refractivity contribution in [2.45, 2.75) is 43.4 Å². The summed E-state index contributed by atoms with van der Waals surface area (Å²) >= 11 is 1.93. The lowest BCUT2D eigenvalue weighted by Gasteiger charge is -2.09. The van der Waals surface area contributed by atoms with Crippen LogP contribution >= 0.6 is 11.8 Å². The lowest BCUT2D eigenvalue weighted by atomic mass is 10.1. The van der Waals surface area contributed by atoms with Gasteiger partial charge in [0, 0.05) is 34.7 Å². The molecule has 4 heteroatoms. The first-order chi connectivity index (χ1) is 11.9. The third-order valence-electron chi connectivity index (χ3n) is 4.23. The Kier molecular flexibility index (Phi) is 6.44. The third kappa shape index (κ3) is 4.25. The SMILES string of the molecule is OCCCCCCCCSc1cc2cccnc2c2ncccc12. The van der Waals surface area contributed by atoms with E-state index in [0.717, 1.165) is 35.0 Å². The van der Waals surface area contributed by atoms with E-state index < -0.39 is 0 Å². The van der Waals surface area contributed by atoms with Crippen molar-refractivity contribution in [3.63, 3.8) is 0 Å². The quantitative estimate of drug-likeness (QED) is 0.330. The number of fused-ring (bicyclic) bond motifs is 3. The summed E-state index contributed by atoms with van der Waals surface area (Å²) < 4.78 is 0. The molecule has 0 fully saturated rings. The van der Waals surface area contributed by atoms with Gasteiger partial charge in [-0.2, -0.15) is 0 Å². The van der Waals surface area contributed by atoms with Gasteiger partial charge in [-0.1, -0.05) is 37.8 Å². The van der Waals surface area contributed by atoms with Crippen LogP contribution in [0.3, 0.4) is 0 Å². The maximum atomic E-state index is 8.78. The second-order valence-corrected chi connectivity index (χ2v) is 7.18. The molecule has 2 aromatic heterocycles. The minimum atomic E-state index is 0.327. The Morgan fingerprint density at radius 1 is 0.833 bits per heavy atom. The van der Waals surface area contributed by atoms with E-state index >= 15 is 0 Å². The summed E-state index contributed by atoms with van der Waals surface area (Å²) in [6.07, 6.45) is 10.8. The topological polar surface area (TPSA) is 46.0 Å². The van der Waals surface area contributed by atoms with Gasteiger partial charge in [0.1, 0.15) is 0 Å². The van der Waals surface area contributed by atoms with Gasteiger partial charge in [-0.25, -0.2) is 0 Å². The van der Waals surface area contributed by atoms with E-state index in [2.05, 4.69) is 28.2 Å². The Hall–Kier alpha value is -1.65. The Morgan fingerprint density at radius 2 is 1.54 bits per heavy atom. The number of aliphatic hydroxyl groups is 1. The number of nitrogens with zero attached hydrogens (tertiary/aromatic N) is 2. The van der Waals surface area contributed by atoms with Crippen molar-refractivity contribution in [1.29, 1.82) is 0 Å². The molecule has 3 aromatic rings. The molecule has 0 aliphatic carbocycles. The lowest BCUT2D eigenvalue weighted by Crippen LogP contribution is -1.89. The van der Waals surface area contributed by atoms with E-state index in [1.54, 1.807) is 0 Å². The fourth-order valence-corrected chi connectivity index (χ4v) is 4.07. The van der Waals surface area contributed by atoms with Gasteiger partial charge in [-0.05, 0) is 36.8 Å². The molecule has 0 spiro atoms. The fraction of sp³-hybridized carbons (Fsp3) is 0.400. The van der Waals surface area contributed by atoms with Crippen molar-refractivity contribution < 1.29 is 5.11 Å². The van der Waals surface area contributed by atoms with Crippen molar-refractivity contribution in [2.24, 2.45) is 0 Å². The van der Waals surface area contributed by atoms with Crippen LogP contribution in [0.5, 0.6) is 0 Å². The predicted octanol–water partition coefficient (Wildman–Crippen LogP) is 5.21. The maximum absolute atomic E-state index is 8.78. The van der Waals surface area contributed by atoms with Crippen molar-refractivity contribution in [3.8, 4) is 0 Å². The fourth-order valence-electron chi connectivity index (χ4n) is 2.97. The molecule has 2 heterocycles. The van der Waals surface area contributed by atoms with Crippen LogP contribution in [-0.4, -0.2) is 27.4 Å². The monoisotopic (exact) mass is 340 g/mol. The second-order valence-electron chi connectivity index (χ2n) is 6.04. The third-order valence-corrected chi connectivity index (χ3v) is 5.37. The summed E-state index contributed by atoms with van der Waals surface area (Å²) in [5, 5.41) is 11.1. The van der Waals surface area contributed by atoms with Gasteiger partial charge >= 0.3 is 0 Å². The number of pyridine rings is 2. The lowest BCUT2D eigenvalue weighted by molar-refractivity contribution is 0.282. The van der Waals surface area contributed by atoms with Crippen molar-refractivity contribution in [1.82, 2.24) is 9.97 Å². The highest BCUT2D eigenvalue weighted by atomic mass is 32.2. The number of aromatic nitrogens is 2. The maximum Gasteiger partial charge on any atom is 0.0975 e. The van der Waals surface area contributed by atoms with Gasteiger partial charge in [0.25, 0.3) is 0 Å². The number of benzene rings is 1. The first-order valence-corrected chi connectivity index (χ1v) is 9.75. The van der Waals surface area contributed by atoms with E-state index in [1.807, 2.05) is 36.3 Å². The molecular weight excluding hydrogens is 316 g/mol. The van der Waals surface area contributed by atoms with Gasteiger partial charge < -0.3 is 5.11 Å². The summed E-state index contributed by atoms with van der Waals surface area (Å²) in [5.74, 6) is 1.13. The summed E-state index contributed by atoms with van der Waals surface area (Å²) in [7, 11) is 0. The first-order valence-electron chi connectivity index (χ1n) is 8.76. The van der Waals surface area contributed by atoms with Gasteiger partial charge in [0.15, 0.2) is 0 Å². The van der Waals surface area contributed by atoms with Crippen LogP contribution in [0, 0.1) is 0 Å². The normalized spacial score (nSPS) is 11.4. The Morgan fingerprint density at radius 3 is 2.38 bits per heavy atom. The number of aliphatic hydroxyl groups excluding tert-OH is 1. The molecule has 1 N–H and O–H groups in total. The summed E-state index contributed by atoms with van der Waals surface area (Å²) in [5.41, 5.74) is 1.99. The molecule has 3 nitrogen and oxygen atoms in total. The Balaban J connectivity index is 1.64. The number of hydrogen-bond donors (Lipinski definition) is 1. The van der Waals surface area contributed by atoms with E-state index in [4.69, 9.17) is 5.11 Å². The zero-order valence-electron chi connectivity index (χ0n) is 13.9. The van der Waals surface area contributed by atoms with Gasteiger partial charge in [-0.3, -0.25) is 9.97 Å². The van der Waals surface area contributed by atoms with Crippen LogP contribution in [0.1, 0.15) is 38.5 Å². The van der Waals surface area contributed by atoms with Crippen LogP contribution in [-0.2, 0) is 0 Å². The minimum absolute atomic E-state index is 0.327. The first kappa shape index (κ1) is 17.2. The van der Waals surface area contributed by atoms with Gasteiger partial charge in [0.05, 0.1) is 11.0 Å². The molecular formula is C20H24N2OS.